The van der Waals surface area contributed by atoms with Crippen LogP contribution in [0.1, 0.15) is 31.9 Å². The average molecular weight is 248 g/mol. The van der Waals surface area contributed by atoms with E-state index in [1.165, 1.54) is 0 Å². The van der Waals surface area contributed by atoms with Crippen LogP contribution in [0.25, 0.3) is 6.08 Å². The largest absolute Gasteiger partial charge is 0.482 e. The highest BCUT2D eigenvalue weighted by Gasteiger charge is 2.16. The van der Waals surface area contributed by atoms with Crippen LogP contribution in [0.3, 0.4) is 0 Å². The van der Waals surface area contributed by atoms with Crippen LogP contribution in [0.4, 0.5) is 0 Å². The maximum atomic E-state index is 11.5. The van der Waals surface area contributed by atoms with Crippen molar-refractivity contribution in [1.82, 2.24) is 0 Å². The van der Waals surface area contributed by atoms with Gasteiger partial charge in [0.25, 0.3) is 0 Å². The second-order valence-electron chi connectivity index (χ2n) is 5.16. The lowest BCUT2D eigenvalue weighted by molar-refractivity contribution is -0.157. The van der Waals surface area contributed by atoms with Gasteiger partial charge >= 0.3 is 5.97 Å². The molecule has 1 aromatic carbocycles. The molecule has 0 unspecified atom stereocenters. The highest BCUT2D eigenvalue weighted by atomic mass is 16.6. The lowest BCUT2D eigenvalue weighted by Gasteiger charge is -2.19. The summed E-state index contributed by atoms with van der Waals surface area (Å²) in [6.07, 6.45) is 1.74. The lowest BCUT2D eigenvalue weighted by Crippen LogP contribution is -2.27. The summed E-state index contributed by atoms with van der Waals surface area (Å²) in [6, 6.07) is 5.70. The molecule has 0 bridgehead atoms. The van der Waals surface area contributed by atoms with Gasteiger partial charge in [0.05, 0.1) is 0 Å². The van der Waals surface area contributed by atoms with Crippen molar-refractivity contribution < 1.29 is 14.3 Å². The van der Waals surface area contributed by atoms with Gasteiger partial charge in [-0.1, -0.05) is 18.7 Å². The van der Waals surface area contributed by atoms with Gasteiger partial charge < -0.3 is 9.47 Å². The van der Waals surface area contributed by atoms with Crippen molar-refractivity contribution in [2.24, 2.45) is 0 Å². The minimum Gasteiger partial charge on any atom is -0.482 e. The fraction of sp³-hybridized carbons (Fsp3) is 0.400. The third kappa shape index (κ3) is 5.04. The van der Waals surface area contributed by atoms with E-state index in [2.05, 4.69) is 6.58 Å². The molecule has 0 aliphatic heterocycles. The van der Waals surface area contributed by atoms with Crippen LogP contribution >= 0.6 is 0 Å². The van der Waals surface area contributed by atoms with E-state index in [1.54, 1.807) is 6.08 Å². The van der Waals surface area contributed by atoms with Crippen molar-refractivity contribution in [3.05, 3.63) is 35.9 Å². The molecular weight excluding hydrogens is 228 g/mol. The first-order valence-corrected chi connectivity index (χ1v) is 5.89. The second kappa shape index (κ2) is 5.71. The fourth-order valence-electron chi connectivity index (χ4n) is 1.49. The Kier molecular flexibility index (Phi) is 4.54. The molecule has 0 aliphatic carbocycles. The van der Waals surface area contributed by atoms with E-state index in [-0.39, 0.29) is 12.6 Å². The summed E-state index contributed by atoms with van der Waals surface area (Å²) in [5.41, 5.74) is 1.54. The van der Waals surface area contributed by atoms with E-state index >= 15 is 0 Å². The van der Waals surface area contributed by atoms with Crippen LogP contribution in [0.5, 0.6) is 5.75 Å². The van der Waals surface area contributed by atoms with Gasteiger partial charge in [-0.2, -0.15) is 0 Å². The molecule has 0 spiro atoms. The van der Waals surface area contributed by atoms with Crippen molar-refractivity contribution in [2.75, 3.05) is 6.61 Å². The van der Waals surface area contributed by atoms with Gasteiger partial charge in [-0.15, -0.1) is 0 Å². The second-order valence-corrected chi connectivity index (χ2v) is 5.16. The smallest absolute Gasteiger partial charge is 0.344 e. The normalized spacial score (nSPS) is 10.9. The minimum atomic E-state index is -0.487. The van der Waals surface area contributed by atoms with Crippen LogP contribution < -0.4 is 4.74 Å². The molecule has 0 saturated heterocycles. The van der Waals surface area contributed by atoms with E-state index in [0.717, 1.165) is 11.1 Å². The Bertz CT molecular complexity index is 442. The first-order valence-electron chi connectivity index (χ1n) is 5.89. The summed E-state index contributed by atoms with van der Waals surface area (Å²) in [7, 11) is 0. The summed E-state index contributed by atoms with van der Waals surface area (Å²) < 4.78 is 10.6. The third-order valence-corrected chi connectivity index (χ3v) is 2.09. The van der Waals surface area contributed by atoms with Crippen LogP contribution in [-0.4, -0.2) is 18.2 Å². The Morgan fingerprint density at radius 1 is 1.33 bits per heavy atom. The predicted molar refractivity (Wildman–Crippen MR) is 72.6 cm³/mol. The highest BCUT2D eigenvalue weighted by molar-refractivity contribution is 5.71. The topological polar surface area (TPSA) is 35.5 Å². The van der Waals surface area contributed by atoms with Crippen molar-refractivity contribution in [2.45, 2.75) is 33.3 Å². The molecule has 1 aromatic rings. The molecule has 3 heteroatoms. The Morgan fingerprint density at radius 3 is 2.56 bits per heavy atom. The van der Waals surface area contributed by atoms with Crippen molar-refractivity contribution >= 4 is 12.0 Å². The predicted octanol–water partition coefficient (Wildman–Crippen LogP) is 3.36. The third-order valence-electron chi connectivity index (χ3n) is 2.09. The van der Waals surface area contributed by atoms with Crippen molar-refractivity contribution in [3.8, 4) is 5.75 Å². The van der Waals surface area contributed by atoms with Crippen LogP contribution in [-0.2, 0) is 9.53 Å². The number of ether oxygens (including phenoxy) is 2. The molecule has 0 aromatic heterocycles. The van der Waals surface area contributed by atoms with E-state index in [1.807, 2.05) is 45.9 Å². The summed E-state index contributed by atoms with van der Waals surface area (Å²) in [6.45, 7) is 11.1. The lowest BCUT2D eigenvalue weighted by atomic mass is 10.1. The maximum Gasteiger partial charge on any atom is 0.344 e. The number of hydrogen-bond acceptors (Lipinski definition) is 3. The zero-order valence-corrected chi connectivity index (χ0v) is 11.4. The Hall–Kier alpha value is -1.77. The zero-order valence-electron chi connectivity index (χ0n) is 11.4. The molecule has 18 heavy (non-hydrogen) atoms. The number of carbonyl (C=O) groups excluding carboxylic acids is 1. The molecule has 0 N–H and O–H groups in total. The summed E-state index contributed by atoms with van der Waals surface area (Å²) in [4.78, 5) is 11.5. The first-order chi connectivity index (χ1) is 8.30. The number of aryl methyl sites for hydroxylation is 1. The molecule has 98 valence electrons. The molecule has 0 aliphatic rings. The number of hydrogen-bond donors (Lipinski definition) is 0. The van der Waals surface area contributed by atoms with Crippen LogP contribution in [0, 0.1) is 6.92 Å². The van der Waals surface area contributed by atoms with Gasteiger partial charge in [-0.3, -0.25) is 0 Å². The SMILES string of the molecule is C=Cc1cc(C)cc(OCC(=O)OC(C)(C)C)c1. The van der Waals surface area contributed by atoms with E-state index in [9.17, 15) is 4.79 Å². The Labute approximate surface area is 108 Å². The maximum absolute atomic E-state index is 11.5. The van der Waals surface area contributed by atoms with E-state index < -0.39 is 5.60 Å². The van der Waals surface area contributed by atoms with Gasteiger partial charge in [0, 0.05) is 0 Å². The van der Waals surface area contributed by atoms with Crippen LogP contribution in [0.2, 0.25) is 0 Å². The summed E-state index contributed by atoms with van der Waals surface area (Å²) >= 11 is 0. The monoisotopic (exact) mass is 248 g/mol. The zero-order chi connectivity index (χ0) is 13.8. The number of benzene rings is 1. The van der Waals surface area contributed by atoms with Crippen molar-refractivity contribution in [3.63, 3.8) is 0 Å². The molecular formula is C15H20O3. The number of carbonyl (C=O) groups is 1. The highest BCUT2D eigenvalue weighted by Crippen LogP contribution is 2.18. The Balaban J connectivity index is 2.61. The molecule has 0 saturated carbocycles. The number of esters is 1. The van der Waals surface area contributed by atoms with E-state index in [4.69, 9.17) is 9.47 Å². The fourth-order valence-corrected chi connectivity index (χ4v) is 1.49. The molecule has 0 amide bonds. The molecule has 3 nitrogen and oxygen atoms in total. The van der Waals surface area contributed by atoms with E-state index in [0.29, 0.717) is 5.75 Å². The van der Waals surface area contributed by atoms with Crippen molar-refractivity contribution in [1.29, 1.82) is 0 Å². The van der Waals surface area contributed by atoms with Gasteiger partial charge in [0.2, 0.25) is 0 Å². The Morgan fingerprint density at radius 2 is 2.00 bits per heavy atom. The molecule has 0 heterocycles. The van der Waals surface area contributed by atoms with Gasteiger partial charge in [0.15, 0.2) is 6.61 Å². The number of rotatable bonds is 4. The summed E-state index contributed by atoms with van der Waals surface area (Å²) in [5.74, 6) is 0.278. The minimum absolute atomic E-state index is 0.0860. The molecule has 0 radical (unpaired) electrons. The standard InChI is InChI=1S/C15H20O3/c1-6-12-7-11(2)8-13(9-12)17-10-14(16)18-15(3,4)5/h6-9H,1,10H2,2-5H3. The van der Waals surface area contributed by atoms with Crippen LogP contribution in [0.15, 0.2) is 24.8 Å². The summed E-state index contributed by atoms with van der Waals surface area (Å²) in [5, 5.41) is 0. The van der Waals surface area contributed by atoms with Gasteiger partial charge in [-0.25, -0.2) is 4.79 Å². The first kappa shape index (κ1) is 14.3. The molecule has 0 fully saturated rings. The molecule has 1 rings (SSSR count). The average Bonchev–Trinajstić information content (AvgIpc) is 2.23. The van der Waals surface area contributed by atoms with Gasteiger partial charge in [0.1, 0.15) is 11.4 Å². The molecule has 0 atom stereocenters. The quantitative estimate of drug-likeness (QED) is 0.766. The van der Waals surface area contributed by atoms with Gasteiger partial charge in [-0.05, 0) is 51.0 Å².